The van der Waals surface area contributed by atoms with Gasteiger partial charge in [0.25, 0.3) is 0 Å². The fraction of sp³-hybridized carbons (Fsp3) is 0.417. The summed E-state index contributed by atoms with van der Waals surface area (Å²) in [6.45, 7) is 3.13. The molecule has 6 heteroatoms. The Labute approximate surface area is 177 Å². The van der Waals surface area contributed by atoms with Crippen LogP contribution in [0.4, 0.5) is 0 Å². The molecule has 1 amide bonds. The van der Waals surface area contributed by atoms with Gasteiger partial charge in [0.05, 0.1) is 6.61 Å². The molecule has 1 N–H and O–H groups in total. The van der Waals surface area contributed by atoms with Crippen LogP contribution in [0.15, 0.2) is 42.5 Å². The van der Waals surface area contributed by atoms with Crippen LogP contribution in [0.1, 0.15) is 41.5 Å². The smallest absolute Gasteiger partial charge is 0.329 e. The Morgan fingerprint density at radius 3 is 2.73 bits per heavy atom. The van der Waals surface area contributed by atoms with Crippen LogP contribution in [0.2, 0.25) is 0 Å². The van der Waals surface area contributed by atoms with Crippen LogP contribution in [0.5, 0.6) is 5.75 Å². The summed E-state index contributed by atoms with van der Waals surface area (Å²) in [4.78, 5) is 25.0. The Bertz CT molecular complexity index is 880. The summed E-state index contributed by atoms with van der Waals surface area (Å²) < 4.78 is 11.1. The third kappa shape index (κ3) is 6.59. The molecule has 0 atom stereocenters. The van der Waals surface area contributed by atoms with Gasteiger partial charge in [-0.15, -0.1) is 0 Å². The first kappa shape index (κ1) is 21.8. The average molecular weight is 411 g/mol. The average Bonchev–Trinajstić information content (AvgIpc) is 2.70. The van der Waals surface area contributed by atoms with E-state index in [-0.39, 0.29) is 12.5 Å². The number of ether oxygens (including phenoxy) is 2. The zero-order valence-electron chi connectivity index (χ0n) is 17.4. The molecule has 2 aromatic rings. The lowest BCUT2D eigenvalue weighted by Gasteiger charge is -2.23. The molecule has 0 saturated heterocycles. The Hall–Kier alpha value is -2.86. The SMILES string of the molecule is Cc1ccc2c(c1)Cc1cccc(c1)CN(C(=O)COCC(=O)O)CCCCCO2. The van der Waals surface area contributed by atoms with Crippen LogP contribution in [0.3, 0.4) is 0 Å². The number of aliphatic carboxylic acids is 1. The summed E-state index contributed by atoms with van der Waals surface area (Å²) in [5, 5.41) is 8.71. The van der Waals surface area contributed by atoms with E-state index in [1.165, 1.54) is 11.1 Å². The third-order valence-electron chi connectivity index (χ3n) is 5.11. The highest BCUT2D eigenvalue weighted by Gasteiger charge is 2.16. The second kappa shape index (κ2) is 10.8. The number of rotatable bonds is 4. The lowest BCUT2D eigenvalue weighted by atomic mass is 10.00. The Morgan fingerprint density at radius 1 is 1.07 bits per heavy atom. The first-order valence-electron chi connectivity index (χ1n) is 10.4. The van der Waals surface area contributed by atoms with Crippen molar-refractivity contribution in [2.45, 2.75) is 39.2 Å². The van der Waals surface area contributed by atoms with Crippen molar-refractivity contribution in [3.05, 3.63) is 64.7 Å². The number of carbonyl (C=O) groups excluding carboxylic acids is 1. The van der Waals surface area contributed by atoms with E-state index in [9.17, 15) is 9.59 Å². The zero-order chi connectivity index (χ0) is 21.3. The highest BCUT2D eigenvalue weighted by molar-refractivity contribution is 5.78. The van der Waals surface area contributed by atoms with Gasteiger partial charge in [0, 0.05) is 19.5 Å². The molecular formula is C24H29NO5. The largest absolute Gasteiger partial charge is 0.493 e. The van der Waals surface area contributed by atoms with Gasteiger partial charge in [0.2, 0.25) is 5.91 Å². The molecule has 160 valence electrons. The summed E-state index contributed by atoms with van der Waals surface area (Å²) in [5.41, 5.74) is 4.58. The molecule has 30 heavy (non-hydrogen) atoms. The number of carbonyl (C=O) groups is 2. The fourth-order valence-corrected chi connectivity index (χ4v) is 3.64. The lowest BCUT2D eigenvalue weighted by Crippen LogP contribution is -2.35. The number of carboxylic acids is 1. The van der Waals surface area contributed by atoms with Crippen molar-refractivity contribution in [1.29, 1.82) is 0 Å². The fourth-order valence-electron chi connectivity index (χ4n) is 3.64. The van der Waals surface area contributed by atoms with Gasteiger partial charge < -0.3 is 19.5 Å². The third-order valence-corrected chi connectivity index (χ3v) is 5.11. The number of amides is 1. The molecule has 0 aromatic heterocycles. The molecule has 0 aliphatic carbocycles. The molecule has 1 heterocycles. The molecule has 6 nitrogen and oxygen atoms in total. The van der Waals surface area contributed by atoms with Gasteiger partial charge in [-0.2, -0.15) is 0 Å². The number of benzene rings is 2. The van der Waals surface area contributed by atoms with Crippen molar-refractivity contribution >= 4 is 11.9 Å². The van der Waals surface area contributed by atoms with Crippen molar-refractivity contribution in [1.82, 2.24) is 4.90 Å². The van der Waals surface area contributed by atoms with Gasteiger partial charge in [0.1, 0.15) is 19.0 Å². The van der Waals surface area contributed by atoms with E-state index in [4.69, 9.17) is 14.6 Å². The Kier molecular flexibility index (Phi) is 7.85. The van der Waals surface area contributed by atoms with Gasteiger partial charge in [0.15, 0.2) is 0 Å². The molecule has 3 rings (SSSR count). The minimum Gasteiger partial charge on any atom is -0.493 e. The maximum atomic E-state index is 12.6. The van der Waals surface area contributed by atoms with E-state index in [0.29, 0.717) is 19.7 Å². The summed E-state index contributed by atoms with van der Waals surface area (Å²) >= 11 is 0. The van der Waals surface area contributed by atoms with Crippen molar-refractivity contribution in [2.75, 3.05) is 26.4 Å². The first-order valence-corrected chi connectivity index (χ1v) is 10.4. The zero-order valence-corrected chi connectivity index (χ0v) is 17.4. The van der Waals surface area contributed by atoms with Gasteiger partial charge in [-0.25, -0.2) is 4.79 Å². The van der Waals surface area contributed by atoms with Gasteiger partial charge in [-0.3, -0.25) is 4.79 Å². The second-order valence-corrected chi connectivity index (χ2v) is 7.72. The van der Waals surface area contributed by atoms with Crippen LogP contribution in [-0.4, -0.2) is 48.2 Å². The highest BCUT2D eigenvalue weighted by atomic mass is 16.5. The molecule has 1 aliphatic rings. The molecule has 1 aliphatic heterocycles. The molecule has 0 saturated carbocycles. The summed E-state index contributed by atoms with van der Waals surface area (Å²) in [6.07, 6.45) is 3.48. The molecule has 0 unspecified atom stereocenters. The normalized spacial score (nSPS) is 14.9. The summed E-state index contributed by atoms with van der Waals surface area (Å²) in [5.74, 6) is -0.326. The van der Waals surface area contributed by atoms with Crippen LogP contribution < -0.4 is 4.74 Å². The quantitative estimate of drug-likeness (QED) is 0.832. The first-order chi connectivity index (χ1) is 14.5. The van der Waals surface area contributed by atoms with Gasteiger partial charge in [-0.05, 0) is 48.9 Å². The number of fused-ring (bicyclic) bond motifs is 3. The molecule has 2 aromatic carbocycles. The number of nitrogens with zero attached hydrogens (tertiary/aromatic N) is 1. The monoisotopic (exact) mass is 411 g/mol. The maximum Gasteiger partial charge on any atom is 0.329 e. The summed E-state index contributed by atoms with van der Waals surface area (Å²) in [6, 6.07) is 14.5. The maximum absolute atomic E-state index is 12.6. The van der Waals surface area contributed by atoms with Crippen molar-refractivity contribution in [3.8, 4) is 5.75 Å². The van der Waals surface area contributed by atoms with E-state index in [2.05, 4.69) is 37.3 Å². The van der Waals surface area contributed by atoms with Crippen LogP contribution in [-0.2, 0) is 27.3 Å². The van der Waals surface area contributed by atoms with Crippen molar-refractivity contribution in [3.63, 3.8) is 0 Å². The minimum absolute atomic E-state index is 0.189. The van der Waals surface area contributed by atoms with Gasteiger partial charge >= 0.3 is 5.97 Å². The van der Waals surface area contributed by atoms with E-state index in [0.717, 1.165) is 42.6 Å². The molecular weight excluding hydrogens is 382 g/mol. The Balaban J connectivity index is 1.79. The van der Waals surface area contributed by atoms with E-state index >= 15 is 0 Å². The standard InChI is InChI=1S/C24H29NO5/c1-18-8-9-22-21(12-18)14-19-6-5-7-20(13-19)15-25(10-3-2-4-11-30-22)23(26)16-29-17-24(27)28/h5-9,12-13H,2-4,10-11,14-17H2,1H3,(H,27,28). The van der Waals surface area contributed by atoms with Crippen LogP contribution in [0.25, 0.3) is 0 Å². The lowest BCUT2D eigenvalue weighted by molar-refractivity contribution is -0.146. The summed E-state index contributed by atoms with van der Waals surface area (Å²) in [7, 11) is 0. The van der Waals surface area contributed by atoms with E-state index in [1.54, 1.807) is 4.90 Å². The van der Waals surface area contributed by atoms with Crippen molar-refractivity contribution in [2.24, 2.45) is 0 Å². The number of hydrogen-bond acceptors (Lipinski definition) is 4. The molecule has 0 fully saturated rings. The number of hydrogen-bond donors (Lipinski definition) is 1. The van der Waals surface area contributed by atoms with Gasteiger partial charge in [-0.1, -0.05) is 42.0 Å². The van der Waals surface area contributed by atoms with Crippen LogP contribution in [0, 0.1) is 6.92 Å². The highest BCUT2D eigenvalue weighted by Crippen LogP contribution is 2.24. The number of aryl methyl sites for hydroxylation is 1. The molecule has 0 radical (unpaired) electrons. The Morgan fingerprint density at radius 2 is 1.90 bits per heavy atom. The predicted octanol–water partition coefficient (Wildman–Crippen LogP) is 3.58. The topological polar surface area (TPSA) is 76.1 Å². The minimum atomic E-state index is -1.08. The van der Waals surface area contributed by atoms with E-state index in [1.807, 2.05) is 12.1 Å². The van der Waals surface area contributed by atoms with Crippen LogP contribution >= 0.6 is 0 Å². The van der Waals surface area contributed by atoms with Crippen molar-refractivity contribution < 1.29 is 24.2 Å². The number of carboxylic acid groups (broad SMARTS) is 1. The van der Waals surface area contributed by atoms with E-state index < -0.39 is 12.6 Å². The molecule has 2 bridgehead atoms. The second-order valence-electron chi connectivity index (χ2n) is 7.72. The predicted molar refractivity (Wildman–Crippen MR) is 114 cm³/mol. The molecule has 0 spiro atoms.